The van der Waals surface area contributed by atoms with E-state index in [2.05, 4.69) is 5.32 Å². The Morgan fingerprint density at radius 1 is 1.09 bits per heavy atom. The average Bonchev–Trinajstić information content (AvgIpc) is 2.55. The molecule has 1 atom stereocenters. The monoisotopic (exact) mass is 313 g/mol. The van der Waals surface area contributed by atoms with Crippen LogP contribution in [0.15, 0.2) is 42.5 Å². The Kier molecular flexibility index (Phi) is 5.63. The molecule has 0 aromatic heterocycles. The first-order valence-corrected chi connectivity index (χ1v) is 7.72. The van der Waals surface area contributed by atoms with E-state index in [1.807, 2.05) is 51.1 Å². The van der Waals surface area contributed by atoms with Crippen LogP contribution >= 0.6 is 0 Å². The highest BCUT2D eigenvalue weighted by Crippen LogP contribution is 2.20. The van der Waals surface area contributed by atoms with Crippen molar-refractivity contribution in [3.05, 3.63) is 53.6 Å². The molecule has 0 fully saturated rings. The lowest BCUT2D eigenvalue weighted by molar-refractivity contribution is -0.122. The van der Waals surface area contributed by atoms with Crippen LogP contribution in [-0.4, -0.2) is 19.1 Å². The highest BCUT2D eigenvalue weighted by molar-refractivity contribution is 5.95. The Morgan fingerprint density at radius 3 is 2.30 bits per heavy atom. The van der Waals surface area contributed by atoms with Crippen molar-refractivity contribution in [2.75, 3.05) is 12.4 Å². The Labute approximate surface area is 137 Å². The summed E-state index contributed by atoms with van der Waals surface area (Å²) in [5, 5.41) is 2.94. The molecule has 0 aliphatic heterocycles. The minimum Gasteiger partial charge on any atom is -0.497 e. The third kappa shape index (κ3) is 4.49. The normalized spacial score (nSPS) is 11.7. The summed E-state index contributed by atoms with van der Waals surface area (Å²) < 4.78 is 10.9. The predicted molar refractivity (Wildman–Crippen MR) is 92.2 cm³/mol. The van der Waals surface area contributed by atoms with Gasteiger partial charge in [0.2, 0.25) is 0 Å². The molecular formula is C19H23NO3. The third-order valence-electron chi connectivity index (χ3n) is 3.64. The second-order valence-corrected chi connectivity index (χ2v) is 5.50. The van der Waals surface area contributed by atoms with E-state index in [0.29, 0.717) is 12.2 Å². The van der Waals surface area contributed by atoms with Crippen LogP contribution in [0.5, 0.6) is 11.5 Å². The summed E-state index contributed by atoms with van der Waals surface area (Å²) in [5.74, 6) is 1.26. The van der Waals surface area contributed by atoms with Gasteiger partial charge in [0.15, 0.2) is 6.10 Å². The molecule has 0 aliphatic rings. The fourth-order valence-electron chi connectivity index (χ4n) is 2.31. The van der Waals surface area contributed by atoms with E-state index in [1.54, 1.807) is 19.2 Å². The summed E-state index contributed by atoms with van der Waals surface area (Å²) in [4.78, 5) is 12.4. The van der Waals surface area contributed by atoms with Gasteiger partial charge < -0.3 is 14.8 Å². The first-order chi connectivity index (χ1) is 11.0. The molecule has 2 aromatic carbocycles. The number of rotatable bonds is 6. The Morgan fingerprint density at radius 2 is 1.74 bits per heavy atom. The number of aryl methyl sites for hydroxylation is 2. The molecule has 0 bridgehead atoms. The van der Waals surface area contributed by atoms with Crippen molar-refractivity contribution in [3.63, 3.8) is 0 Å². The van der Waals surface area contributed by atoms with Gasteiger partial charge in [-0.15, -0.1) is 0 Å². The van der Waals surface area contributed by atoms with Gasteiger partial charge in [-0.1, -0.05) is 24.6 Å². The minimum absolute atomic E-state index is 0.143. The summed E-state index contributed by atoms with van der Waals surface area (Å²) >= 11 is 0. The largest absolute Gasteiger partial charge is 0.497 e. The standard InChI is InChI=1S/C19H23NO3/c1-5-18(23-16-9-7-15(22-4)8-10-16)19(21)20-17-11-6-13(2)12-14(17)3/h6-12,18H,5H2,1-4H3,(H,20,21). The summed E-state index contributed by atoms with van der Waals surface area (Å²) in [7, 11) is 1.61. The maximum Gasteiger partial charge on any atom is 0.265 e. The molecule has 1 amide bonds. The zero-order valence-corrected chi connectivity index (χ0v) is 14.1. The summed E-state index contributed by atoms with van der Waals surface area (Å²) in [5.41, 5.74) is 3.03. The molecule has 4 nitrogen and oxygen atoms in total. The summed E-state index contributed by atoms with van der Waals surface area (Å²) in [6, 6.07) is 13.2. The van der Waals surface area contributed by atoms with E-state index in [1.165, 1.54) is 5.56 Å². The highest BCUT2D eigenvalue weighted by Gasteiger charge is 2.19. The van der Waals surface area contributed by atoms with Crippen molar-refractivity contribution in [2.45, 2.75) is 33.3 Å². The molecule has 2 aromatic rings. The average molecular weight is 313 g/mol. The fourth-order valence-corrected chi connectivity index (χ4v) is 2.31. The smallest absolute Gasteiger partial charge is 0.265 e. The number of benzene rings is 2. The number of methoxy groups -OCH3 is 1. The van der Waals surface area contributed by atoms with Gasteiger partial charge in [0, 0.05) is 5.69 Å². The highest BCUT2D eigenvalue weighted by atomic mass is 16.5. The van der Waals surface area contributed by atoms with E-state index < -0.39 is 6.10 Å². The fraction of sp³-hybridized carbons (Fsp3) is 0.316. The van der Waals surface area contributed by atoms with Crippen LogP contribution in [0.4, 0.5) is 5.69 Å². The second kappa shape index (κ2) is 7.68. The Bertz CT molecular complexity index is 665. The van der Waals surface area contributed by atoms with Crippen LogP contribution in [0.2, 0.25) is 0 Å². The van der Waals surface area contributed by atoms with Gasteiger partial charge in [0.05, 0.1) is 7.11 Å². The lowest BCUT2D eigenvalue weighted by atomic mass is 10.1. The maximum atomic E-state index is 12.4. The number of anilines is 1. The van der Waals surface area contributed by atoms with E-state index >= 15 is 0 Å². The number of ether oxygens (including phenoxy) is 2. The summed E-state index contributed by atoms with van der Waals surface area (Å²) in [6.45, 7) is 5.93. The first kappa shape index (κ1) is 16.9. The van der Waals surface area contributed by atoms with Crippen molar-refractivity contribution in [1.82, 2.24) is 0 Å². The lowest BCUT2D eigenvalue weighted by Gasteiger charge is -2.18. The third-order valence-corrected chi connectivity index (χ3v) is 3.64. The molecule has 0 saturated carbocycles. The number of hydrogen-bond acceptors (Lipinski definition) is 3. The first-order valence-electron chi connectivity index (χ1n) is 7.72. The molecular weight excluding hydrogens is 290 g/mol. The van der Waals surface area contributed by atoms with Crippen molar-refractivity contribution in [3.8, 4) is 11.5 Å². The van der Waals surface area contributed by atoms with E-state index in [-0.39, 0.29) is 5.91 Å². The van der Waals surface area contributed by atoms with Crippen molar-refractivity contribution in [2.24, 2.45) is 0 Å². The molecule has 0 heterocycles. The van der Waals surface area contributed by atoms with Gasteiger partial charge >= 0.3 is 0 Å². The van der Waals surface area contributed by atoms with Crippen molar-refractivity contribution < 1.29 is 14.3 Å². The molecule has 23 heavy (non-hydrogen) atoms. The van der Waals surface area contributed by atoms with Crippen LogP contribution in [0.25, 0.3) is 0 Å². The molecule has 0 spiro atoms. The molecule has 4 heteroatoms. The molecule has 1 unspecified atom stereocenters. The van der Waals surface area contributed by atoms with E-state index in [9.17, 15) is 4.79 Å². The number of amides is 1. The van der Waals surface area contributed by atoms with Gasteiger partial charge in [0.1, 0.15) is 11.5 Å². The van der Waals surface area contributed by atoms with Crippen LogP contribution < -0.4 is 14.8 Å². The quantitative estimate of drug-likeness (QED) is 0.873. The predicted octanol–water partition coefficient (Wildman–Crippen LogP) is 4.11. The number of carbonyl (C=O) groups excluding carboxylic acids is 1. The van der Waals surface area contributed by atoms with Gasteiger partial charge in [-0.2, -0.15) is 0 Å². The number of hydrogen-bond donors (Lipinski definition) is 1. The summed E-state index contributed by atoms with van der Waals surface area (Å²) in [6.07, 6.45) is 0.0482. The van der Waals surface area contributed by atoms with Crippen molar-refractivity contribution >= 4 is 11.6 Å². The Hall–Kier alpha value is -2.49. The topological polar surface area (TPSA) is 47.6 Å². The van der Waals surface area contributed by atoms with Gasteiger partial charge in [-0.3, -0.25) is 4.79 Å². The minimum atomic E-state index is -0.538. The Balaban J connectivity index is 2.05. The van der Waals surface area contributed by atoms with Gasteiger partial charge in [0.25, 0.3) is 5.91 Å². The van der Waals surface area contributed by atoms with Gasteiger partial charge in [-0.25, -0.2) is 0 Å². The molecule has 0 saturated heterocycles. The van der Waals surface area contributed by atoms with E-state index in [0.717, 1.165) is 17.0 Å². The van der Waals surface area contributed by atoms with Crippen LogP contribution in [0.3, 0.4) is 0 Å². The second-order valence-electron chi connectivity index (χ2n) is 5.50. The molecule has 0 radical (unpaired) electrons. The molecule has 2 rings (SSSR count). The molecule has 122 valence electrons. The number of nitrogens with one attached hydrogen (secondary N) is 1. The molecule has 1 N–H and O–H groups in total. The zero-order valence-electron chi connectivity index (χ0n) is 14.1. The van der Waals surface area contributed by atoms with Crippen LogP contribution in [0.1, 0.15) is 24.5 Å². The van der Waals surface area contributed by atoms with Crippen LogP contribution in [-0.2, 0) is 4.79 Å². The van der Waals surface area contributed by atoms with E-state index in [4.69, 9.17) is 9.47 Å². The molecule has 0 aliphatic carbocycles. The lowest BCUT2D eigenvalue weighted by Crippen LogP contribution is -2.32. The van der Waals surface area contributed by atoms with Gasteiger partial charge in [-0.05, 0) is 56.2 Å². The zero-order chi connectivity index (χ0) is 16.8. The SMILES string of the molecule is CCC(Oc1ccc(OC)cc1)C(=O)Nc1ccc(C)cc1C. The number of carbonyl (C=O) groups is 1. The maximum absolute atomic E-state index is 12.4. The van der Waals surface area contributed by atoms with Crippen molar-refractivity contribution in [1.29, 1.82) is 0 Å². The van der Waals surface area contributed by atoms with Crippen LogP contribution in [0, 0.1) is 13.8 Å².